The van der Waals surface area contributed by atoms with E-state index in [1.807, 2.05) is 30.4 Å². The lowest BCUT2D eigenvalue weighted by atomic mass is 10.3. The van der Waals surface area contributed by atoms with E-state index in [9.17, 15) is 0 Å². The van der Waals surface area contributed by atoms with Crippen LogP contribution in [0.5, 0.6) is 0 Å². The fourth-order valence-electron chi connectivity index (χ4n) is 1.02. The Morgan fingerprint density at radius 2 is 1.12 bits per heavy atom. The summed E-state index contributed by atoms with van der Waals surface area (Å²) < 4.78 is 0. The van der Waals surface area contributed by atoms with E-state index in [0.717, 1.165) is 19.3 Å². The van der Waals surface area contributed by atoms with Gasteiger partial charge in [-0.05, 0) is 19.3 Å². The number of allylic oxidation sites excluding steroid dienone is 10. The molecule has 16 heavy (non-hydrogen) atoms. The summed E-state index contributed by atoms with van der Waals surface area (Å²) in [5.74, 6) is 0. The first-order valence-corrected chi connectivity index (χ1v) is 6.02. The maximum Gasteiger partial charge on any atom is -0.0348 e. The van der Waals surface area contributed by atoms with E-state index in [1.54, 1.807) is 0 Å². The van der Waals surface area contributed by atoms with Gasteiger partial charge in [-0.1, -0.05) is 81.0 Å². The van der Waals surface area contributed by atoms with Crippen molar-refractivity contribution in [2.75, 3.05) is 0 Å². The molecule has 0 bridgehead atoms. The molecule has 0 saturated carbocycles. The Morgan fingerprint density at radius 1 is 0.688 bits per heavy atom. The quantitative estimate of drug-likeness (QED) is 0.489. The lowest BCUT2D eigenvalue weighted by molar-refractivity contribution is 0.959. The highest BCUT2D eigenvalue weighted by molar-refractivity contribution is 5.17. The molecular weight excluding hydrogens is 192 g/mol. The van der Waals surface area contributed by atoms with Crippen LogP contribution in [-0.2, 0) is 0 Å². The van der Waals surface area contributed by atoms with E-state index < -0.39 is 0 Å². The van der Waals surface area contributed by atoms with Crippen LogP contribution in [-0.4, -0.2) is 0 Å². The molecule has 0 heteroatoms. The van der Waals surface area contributed by atoms with Crippen molar-refractivity contribution in [2.45, 2.75) is 32.6 Å². The van der Waals surface area contributed by atoms with Gasteiger partial charge in [0, 0.05) is 0 Å². The first-order chi connectivity index (χ1) is 7.91. The third-order valence-corrected chi connectivity index (χ3v) is 1.88. The van der Waals surface area contributed by atoms with Crippen LogP contribution in [0.15, 0.2) is 60.8 Å². The number of hydrogen-bond acceptors (Lipinski definition) is 0. The highest BCUT2D eigenvalue weighted by atomic mass is 13.8. The van der Waals surface area contributed by atoms with Crippen molar-refractivity contribution >= 4 is 0 Å². The summed E-state index contributed by atoms with van der Waals surface area (Å²) >= 11 is 0. The SMILES string of the molecule is [CH2]CCC=CC=CC=CC=CC=CCCC. The van der Waals surface area contributed by atoms with Gasteiger partial charge in [-0.2, -0.15) is 0 Å². The molecule has 0 amide bonds. The van der Waals surface area contributed by atoms with Crippen LogP contribution in [0.25, 0.3) is 0 Å². The Bertz CT molecular complexity index is 234. The molecule has 0 unspecified atom stereocenters. The number of rotatable bonds is 8. The minimum atomic E-state index is 0.965. The topological polar surface area (TPSA) is 0 Å². The molecule has 87 valence electrons. The van der Waals surface area contributed by atoms with Gasteiger partial charge in [-0.15, -0.1) is 0 Å². The summed E-state index contributed by atoms with van der Waals surface area (Å²) in [6.45, 7) is 5.95. The van der Waals surface area contributed by atoms with E-state index in [2.05, 4.69) is 44.2 Å². The van der Waals surface area contributed by atoms with E-state index in [-0.39, 0.29) is 0 Å². The van der Waals surface area contributed by atoms with Crippen LogP contribution in [0.1, 0.15) is 32.6 Å². The summed E-state index contributed by atoms with van der Waals surface area (Å²) in [5, 5.41) is 0. The van der Waals surface area contributed by atoms with Crippen LogP contribution >= 0.6 is 0 Å². The van der Waals surface area contributed by atoms with Crippen LogP contribution in [0, 0.1) is 6.92 Å². The predicted molar refractivity (Wildman–Crippen MR) is 75.2 cm³/mol. The average Bonchev–Trinajstić information content (AvgIpc) is 2.31. The monoisotopic (exact) mass is 215 g/mol. The van der Waals surface area contributed by atoms with Crippen molar-refractivity contribution in [3.63, 3.8) is 0 Å². The molecular formula is C16H23. The normalized spacial score (nSPS) is 13.4. The van der Waals surface area contributed by atoms with Gasteiger partial charge >= 0.3 is 0 Å². The van der Waals surface area contributed by atoms with Gasteiger partial charge in [0.15, 0.2) is 0 Å². The third-order valence-electron chi connectivity index (χ3n) is 1.88. The molecule has 0 atom stereocenters. The van der Waals surface area contributed by atoms with Crippen LogP contribution in [0.3, 0.4) is 0 Å². The van der Waals surface area contributed by atoms with Crippen molar-refractivity contribution in [3.8, 4) is 0 Å². The Labute approximate surface area is 101 Å². The van der Waals surface area contributed by atoms with Gasteiger partial charge < -0.3 is 0 Å². The standard InChI is InChI=1S/C16H23/c1-3-5-7-9-11-13-15-16-14-12-10-8-6-4-2/h7-16H,1,3-6H2,2H3. The fraction of sp³-hybridized carbons (Fsp3) is 0.312. The fourth-order valence-corrected chi connectivity index (χ4v) is 1.02. The van der Waals surface area contributed by atoms with Gasteiger partial charge in [-0.3, -0.25) is 0 Å². The Kier molecular flexibility index (Phi) is 12.6. The van der Waals surface area contributed by atoms with Gasteiger partial charge in [0.1, 0.15) is 0 Å². The van der Waals surface area contributed by atoms with E-state index in [1.165, 1.54) is 6.42 Å². The molecule has 0 aliphatic heterocycles. The van der Waals surface area contributed by atoms with Crippen molar-refractivity contribution in [3.05, 3.63) is 67.7 Å². The summed E-state index contributed by atoms with van der Waals surface area (Å²) in [5.41, 5.74) is 0. The molecule has 0 aromatic carbocycles. The lowest BCUT2D eigenvalue weighted by Gasteiger charge is -1.80. The second-order valence-electron chi connectivity index (χ2n) is 3.44. The highest BCUT2D eigenvalue weighted by Crippen LogP contribution is 1.90. The molecule has 0 aliphatic carbocycles. The maximum atomic E-state index is 3.77. The Morgan fingerprint density at radius 3 is 1.56 bits per heavy atom. The number of unbranched alkanes of at least 4 members (excludes halogenated alkanes) is 2. The predicted octanol–water partition coefficient (Wildman–Crippen LogP) is 5.18. The average molecular weight is 215 g/mol. The second-order valence-corrected chi connectivity index (χ2v) is 3.44. The first kappa shape index (κ1) is 14.7. The van der Waals surface area contributed by atoms with E-state index >= 15 is 0 Å². The molecule has 0 N–H and O–H groups in total. The van der Waals surface area contributed by atoms with Crippen LogP contribution < -0.4 is 0 Å². The van der Waals surface area contributed by atoms with Gasteiger partial charge in [0.2, 0.25) is 0 Å². The molecule has 0 aliphatic rings. The van der Waals surface area contributed by atoms with Gasteiger partial charge in [-0.25, -0.2) is 0 Å². The van der Waals surface area contributed by atoms with Crippen LogP contribution in [0.4, 0.5) is 0 Å². The van der Waals surface area contributed by atoms with Gasteiger partial charge in [0.25, 0.3) is 0 Å². The molecule has 1 radical (unpaired) electrons. The molecule has 0 nitrogen and oxygen atoms in total. The summed E-state index contributed by atoms with van der Waals surface area (Å²) in [6.07, 6.45) is 25.0. The van der Waals surface area contributed by atoms with E-state index in [0.29, 0.717) is 0 Å². The summed E-state index contributed by atoms with van der Waals surface area (Å²) in [6, 6.07) is 0. The minimum absolute atomic E-state index is 0.965. The molecule has 0 spiro atoms. The second kappa shape index (κ2) is 13.7. The molecule has 0 aromatic rings. The molecule has 0 rings (SSSR count). The first-order valence-electron chi connectivity index (χ1n) is 6.02. The highest BCUT2D eigenvalue weighted by Gasteiger charge is 1.69. The van der Waals surface area contributed by atoms with Crippen molar-refractivity contribution in [1.29, 1.82) is 0 Å². The Balaban J connectivity index is 3.60. The summed E-state index contributed by atoms with van der Waals surface area (Å²) in [7, 11) is 0. The van der Waals surface area contributed by atoms with Gasteiger partial charge in [0.05, 0.1) is 0 Å². The smallest absolute Gasteiger partial charge is 0.0348 e. The zero-order chi connectivity index (χ0) is 11.9. The zero-order valence-electron chi connectivity index (χ0n) is 10.3. The lowest BCUT2D eigenvalue weighted by Crippen LogP contribution is -1.59. The van der Waals surface area contributed by atoms with Crippen molar-refractivity contribution < 1.29 is 0 Å². The number of hydrogen-bond donors (Lipinski definition) is 0. The largest absolute Gasteiger partial charge is 0.0845 e. The minimum Gasteiger partial charge on any atom is -0.0845 e. The maximum absolute atomic E-state index is 3.77. The van der Waals surface area contributed by atoms with Crippen LogP contribution in [0.2, 0.25) is 0 Å². The molecule has 0 saturated heterocycles. The molecule has 0 heterocycles. The van der Waals surface area contributed by atoms with Crippen molar-refractivity contribution in [2.24, 2.45) is 0 Å². The summed E-state index contributed by atoms with van der Waals surface area (Å²) in [4.78, 5) is 0. The molecule has 0 fully saturated rings. The Hall–Kier alpha value is -1.30. The zero-order valence-corrected chi connectivity index (χ0v) is 10.3. The molecule has 0 aromatic heterocycles. The van der Waals surface area contributed by atoms with E-state index in [4.69, 9.17) is 0 Å². The third kappa shape index (κ3) is 12.7. The van der Waals surface area contributed by atoms with Crippen molar-refractivity contribution in [1.82, 2.24) is 0 Å².